The molecule has 2 rings (SSSR count). The van der Waals surface area contributed by atoms with Gasteiger partial charge in [0.15, 0.2) is 6.10 Å². The van der Waals surface area contributed by atoms with Crippen LogP contribution in [0.5, 0.6) is 0 Å². The average molecular weight is 326 g/mol. The normalized spacial score (nSPS) is 13.5. The second kappa shape index (κ2) is 9.21. The largest absolute Gasteiger partial charge is 0.378 e. The Hall–Kier alpha value is -2.17. The van der Waals surface area contributed by atoms with E-state index in [0.29, 0.717) is 18.2 Å². The Morgan fingerprint density at radius 1 is 1.08 bits per heavy atom. The summed E-state index contributed by atoms with van der Waals surface area (Å²) in [6.45, 7) is 3.56. The number of carbonyl (C=O) groups excluding carboxylic acids is 1. The van der Waals surface area contributed by atoms with Crippen LogP contribution in [-0.2, 0) is 11.3 Å². The van der Waals surface area contributed by atoms with Crippen molar-refractivity contribution in [3.05, 3.63) is 71.8 Å². The number of amides is 1. The second-order valence-electron chi connectivity index (χ2n) is 6.14. The highest BCUT2D eigenvalue weighted by molar-refractivity contribution is 5.81. The first-order valence-corrected chi connectivity index (χ1v) is 8.33. The minimum atomic E-state index is -1.11. The molecule has 2 aromatic rings. The molecule has 0 heterocycles. The molecule has 1 amide bonds. The van der Waals surface area contributed by atoms with Crippen LogP contribution in [0.1, 0.15) is 30.6 Å². The Morgan fingerprint density at radius 3 is 2.29 bits per heavy atom. The molecule has 0 aliphatic heterocycles. The first kappa shape index (κ1) is 18.2. The summed E-state index contributed by atoms with van der Waals surface area (Å²) in [5.41, 5.74) is 1.89. The van der Waals surface area contributed by atoms with E-state index in [1.807, 2.05) is 36.4 Å². The molecular formula is C20H26N2O2. The van der Waals surface area contributed by atoms with Gasteiger partial charge < -0.3 is 10.4 Å². The SMILES string of the molecule is CC(CCNC(=O)C(O)c1ccccc1)N(C)Cc1ccccc1. The van der Waals surface area contributed by atoms with Crippen molar-refractivity contribution >= 4 is 5.91 Å². The van der Waals surface area contributed by atoms with Gasteiger partial charge in [0.1, 0.15) is 0 Å². The number of nitrogens with one attached hydrogen (secondary N) is 1. The van der Waals surface area contributed by atoms with Crippen molar-refractivity contribution in [2.24, 2.45) is 0 Å². The standard InChI is InChI=1S/C20H26N2O2/c1-16(22(2)15-17-9-5-3-6-10-17)13-14-21-20(24)19(23)18-11-7-4-8-12-18/h3-12,16,19,23H,13-15H2,1-2H3,(H,21,24). The minimum Gasteiger partial charge on any atom is -0.378 e. The number of rotatable bonds is 8. The summed E-state index contributed by atoms with van der Waals surface area (Å²) in [4.78, 5) is 14.3. The predicted octanol–water partition coefficient (Wildman–Crippen LogP) is 2.75. The van der Waals surface area contributed by atoms with Gasteiger partial charge in [-0.15, -0.1) is 0 Å². The summed E-state index contributed by atoms with van der Waals surface area (Å²) in [5, 5.41) is 12.9. The van der Waals surface area contributed by atoms with Gasteiger partial charge in [-0.25, -0.2) is 0 Å². The summed E-state index contributed by atoms with van der Waals surface area (Å²) in [5.74, 6) is -0.348. The van der Waals surface area contributed by atoms with Gasteiger partial charge in [0.05, 0.1) is 0 Å². The highest BCUT2D eigenvalue weighted by atomic mass is 16.3. The Labute approximate surface area is 144 Å². The summed E-state index contributed by atoms with van der Waals surface area (Å²) in [6, 6.07) is 19.6. The van der Waals surface area contributed by atoms with Crippen molar-refractivity contribution in [1.82, 2.24) is 10.2 Å². The fraction of sp³-hybridized carbons (Fsp3) is 0.350. The number of aliphatic hydroxyl groups is 1. The van der Waals surface area contributed by atoms with Crippen LogP contribution < -0.4 is 5.32 Å². The Morgan fingerprint density at radius 2 is 1.67 bits per heavy atom. The summed E-state index contributed by atoms with van der Waals surface area (Å²) in [7, 11) is 2.08. The maximum absolute atomic E-state index is 12.0. The van der Waals surface area contributed by atoms with Crippen LogP contribution in [0.4, 0.5) is 0 Å². The molecule has 128 valence electrons. The molecule has 0 fully saturated rings. The third kappa shape index (κ3) is 5.48. The van der Waals surface area contributed by atoms with E-state index in [0.717, 1.165) is 13.0 Å². The summed E-state index contributed by atoms with van der Waals surface area (Å²) < 4.78 is 0. The molecule has 0 aromatic heterocycles. The molecule has 0 aliphatic rings. The molecule has 0 saturated carbocycles. The highest BCUT2D eigenvalue weighted by Gasteiger charge is 2.17. The van der Waals surface area contributed by atoms with E-state index in [9.17, 15) is 9.90 Å². The Kier molecular flexibility index (Phi) is 6.97. The smallest absolute Gasteiger partial charge is 0.253 e. The number of aliphatic hydroxyl groups excluding tert-OH is 1. The van der Waals surface area contributed by atoms with Gasteiger partial charge in [-0.1, -0.05) is 60.7 Å². The van der Waals surface area contributed by atoms with E-state index in [1.54, 1.807) is 12.1 Å². The van der Waals surface area contributed by atoms with Gasteiger partial charge in [0, 0.05) is 19.1 Å². The number of nitrogens with zero attached hydrogens (tertiary/aromatic N) is 1. The fourth-order valence-electron chi connectivity index (χ4n) is 2.54. The zero-order valence-corrected chi connectivity index (χ0v) is 14.4. The fourth-order valence-corrected chi connectivity index (χ4v) is 2.54. The van der Waals surface area contributed by atoms with Crippen LogP contribution in [-0.4, -0.2) is 35.5 Å². The van der Waals surface area contributed by atoms with Crippen molar-refractivity contribution < 1.29 is 9.90 Å². The van der Waals surface area contributed by atoms with E-state index in [4.69, 9.17) is 0 Å². The van der Waals surface area contributed by atoms with Gasteiger partial charge in [0.2, 0.25) is 0 Å². The topological polar surface area (TPSA) is 52.6 Å². The molecule has 0 spiro atoms. The van der Waals surface area contributed by atoms with Gasteiger partial charge in [-0.3, -0.25) is 9.69 Å². The molecule has 2 unspecified atom stereocenters. The molecular weight excluding hydrogens is 300 g/mol. The molecule has 0 saturated heterocycles. The van der Waals surface area contributed by atoms with Crippen LogP contribution in [0.3, 0.4) is 0 Å². The molecule has 2 N–H and O–H groups in total. The lowest BCUT2D eigenvalue weighted by molar-refractivity contribution is -0.129. The molecule has 0 bridgehead atoms. The number of hydrogen-bond donors (Lipinski definition) is 2. The van der Waals surface area contributed by atoms with Crippen molar-refractivity contribution in [1.29, 1.82) is 0 Å². The molecule has 0 aliphatic carbocycles. The molecule has 4 nitrogen and oxygen atoms in total. The molecule has 0 radical (unpaired) electrons. The maximum Gasteiger partial charge on any atom is 0.253 e. The van der Waals surface area contributed by atoms with E-state index in [2.05, 4.69) is 36.3 Å². The third-order valence-corrected chi connectivity index (χ3v) is 4.25. The summed E-state index contributed by atoms with van der Waals surface area (Å²) >= 11 is 0. The summed E-state index contributed by atoms with van der Waals surface area (Å²) in [6.07, 6.45) is -0.278. The van der Waals surface area contributed by atoms with Gasteiger partial charge in [-0.2, -0.15) is 0 Å². The maximum atomic E-state index is 12.0. The first-order valence-electron chi connectivity index (χ1n) is 8.33. The van der Waals surface area contributed by atoms with Crippen LogP contribution in [0, 0.1) is 0 Å². The first-order chi connectivity index (χ1) is 11.6. The average Bonchev–Trinajstić information content (AvgIpc) is 2.62. The molecule has 4 heteroatoms. The number of hydrogen-bond acceptors (Lipinski definition) is 3. The highest BCUT2D eigenvalue weighted by Crippen LogP contribution is 2.12. The van der Waals surface area contributed by atoms with E-state index >= 15 is 0 Å². The van der Waals surface area contributed by atoms with Gasteiger partial charge >= 0.3 is 0 Å². The predicted molar refractivity (Wildman–Crippen MR) is 96.4 cm³/mol. The van der Waals surface area contributed by atoms with E-state index in [1.165, 1.54) is 5.56 Å². The van der Waals surface area contributed by atoms with Crippen molar-refractivity contribution in [3.63, 3.8) is 0 Å². The Balaban J connectivity index is 1.73. The van der Waals surface area contributed by atoms with Crippen molar-refractivity contribution in [2.45, 2.75) is 32.0 Å². The lowest BCUT2D eigenvalue weighted by Crippen LogP contribution is -2.35. The lowest BCUT2D eigenvalue weighted by Gasteiger charge is -2.25. The second-order valence-corrected chi connectivity index (χ2v) is 6.14. The Bertz CT molecular complexity index is 616. The van der Waals surface area contributed by atoms with Crippen LogP contribution in [0.2, 0.25) is 0 Å². The van der Waals surface area contributed by atoms with Crippen LogP contribution in [0.25, 0.3) is 0 Å². The molecule has 2 atom stereocenters. The lowest BCUT2D eigenvalue weighted by atomic mass is 10.1. The molecule has 2 aromatic carbocycles. The zero-order valence-electron chi connectivity index (χ0n) is 14.4. The zero-order chi connectivity index (χ0) is 17.4. The molecule has 24 heavy (non-hydrogen) atoms. The van der Waals surface area contributed by atoms with Gasteiger partial charge in [0.25, 0.3) is 5.91 Å². The van der Waals surface area contributed by atoms with Gasteiger partial charge in [-0.05, 0) is 31.5 Å². The quantitative estimate of drug-likeness (QED) is 0.784. The number of carbonyl (C=O) groups is 1. The van der Waals surface area contributed by atoms with E-state index < -0.39 is 6.10 Å². The van der Waals surface area contributed by atoms with Crippen LogP contribution in [0.15, 0.2) is 60.7 Å². The van der Waals surface area contributed by atoms with Crippen molar-refractivity contribution in [3.8, 4) is 0 Å². The van der Waals surface area contributed by atoms with Crippen molar-refractivity contribution in [2.75, 3.05) is 13.6 Å². The third-order valence-electron chi connectivity index (χ3n) is 4.25. The van der Waals surface area contributed by atoms with E-state index in [-0.39, 0.29) is 5.91 Å². The monoisotopic (exact) mass is 326 g/mol. The van der Waals surface area contributed by atoms with Crippen LogP contribution >= 0.6 is 0 Å². The number of benzene rings is 2. The minimum absolute atomic E-state index is 0.333.